The van der Waals surface area contributed by atoms with E-state index in [1.165, 1.54) is 0 Å². The summed E-state index contributed by atoms with van der Waals surface area (Å²) in [6.07, 6.45) is 0. The third-order valence-corrected chi connectivity index (χ3v) is 5.47. The highest BCUT2D eigenvalue weighted by molar-refractivity contribution is 5.98. The summed E-state index contributed by atoms with van der Waals surface area (Å²) < 4.78 is 12.3. The Labute approximate surface area is 175 Å². The Balaban J connectivity index is 1.37. The molecule has 0 bridgehead atoms. The molecule has 4 rings (SSSR count). The van der Waals surface area contributed by atoms with Gasteiger partial charge in [-0.25, -0.2) is 0 Å². The van der Waals surface area contributed by atoms with Gasteiger partial charge in [-0.05, 0) is 6.07 Å². The van der Waals surface area contributed by atoms with Crippen LogP contribution in [-0.4, -0.2) is 84.4 Å². The highest BCUT2D eigenvalue weighted by atomic mass is 16.5. The third-order valence-electron chi connectivity index (χ3n) is 5.47. The molecule has 1 aromatic carbocycles. The van der Waals surface area contributed by atoms with E-state index in [-0.39, 0.29) is 17.5 Å². The largest absolute Gasteiger partial charge is 0.496 e. The predicted molar refractivity (Wildman–Crippen MR) is 110 cm³/mol. The fourth-order valence-corrected chi connectivity index (χ4v) is 3.78. The van der Waals surface area contributed by atoms with Crippen molar-refractivity contribution in [1.82, 2.24) is 24.9 Å². The van der Waals surface area contributed by atoms with Crippen LogP contribution in [0.15, 0.2) is 30.3 Å². The van der Waals surface area contributed by atoms with Gasteiger partial charge in [0.15, 0.2) is 5.69 Å². The number of fused-ring (bicyclic) bond motifs is 1. The van der Waals surface area contributed by atoms with Gasteiger partial charge in [0, 0.05) is 50.9 Å². The second-order valence-electron chi connectivity index (χ2n) is 7.39. The van der Waals surface area contributed by atoms with Gasteiger partial charge < -0.3 is 19.7 Å². The normalized spacial score (nSPS) is 17.0. The second-order valence-corrected chi connectivity index (χ2v) is 7.39. The van der Waals surface area contributed by atoms with E-state index in [0.717, 1.165) is 44.2 Å². The lowest BCUT2D eigenvalue weighted by Crippen LogP contribution is -2.41. The fraction of sp³-hybridized carbons (Fsp3) is 0.476. The lowest BCUT2D eigenvalue weighted by Gasteiger charge is -2.28. The number of benzene rings is 1. The number of hydrogen-bond acceptors (Lipinski definition) is 6. The zero-order chi connectivity index (χ0) is 20.9. The first kappa shape index (κ1) is 20.4. The van der Waals surface area contributed by atoms with Crippen LogP contribution in [0.4, 0.5) is 0 Å². The molecular weight excluding hydrogens is 386 g/mol. The number of para-hydroxylation sites is 1. The van der Waals surface area contributed by atoms with Crippen LogP contribution in [-0.2, 0) is 17.8 Å². The molecule has 2 amide bonds. The van der Waals surface area contributed by atoms with Crippen LogP contribution in [0.25, 0.3) is 0 Å². The molecule has 30 heavy (non-hydrogen) atoms. The van der Waals surface area contributed by atoms with Crippen molar-refractivity contribution >= 4 is 11.8 Å². The average molecular weight is 413 g/mol. The number of nitrogens with zero attached hydrogens (tertiary/aromatic N) is 4. The number of aromatic nitrogens is 2. The minimum Gasteiger partial charge on any atom is -0.496 e. The van der Waals surface area contributed by atoms with Gasteiger partial charge in [-0.1, -0.05) is 18.2 Å². The van der Waals surface area contributed by atoms with E-state index in [4.69, 9.17) is 9.47 Å². The topological polar surface area (TPSA) is 88.9 Å². The SMILES string of the molecule is COc1ccccc1CN1CCn2nc(C(=O)NCCN3CCOCC3)cc2C1=O. The third kappa shape index (κ3) is 4.47. The van der Waals surface area contributed by atoms with Gasteiger partial charge in [0.2, 0.25) is 0 Å². The maximum Gasteiger partial charge on any atom is 0.272 e. The first-order valence-corrected chi connectivity index (χ1v) is 10.2. The van der Waals surface area contributed by atoms with Crippen LogP contribution in [0.1, 0.15) is 26.5 Å². The van der Waals surface area contributed by atoms with E-state index in [9.17, 15) is 9.59 Å². The smallest absolute Gasteiger partial charge is 0.272 e. The summed E-state index contributed by atoms with van der Waals surface area (Å²) in [5.74, 6) is 0.367. The number of hydrogen-bond donors (Lipinski definition) is 1. The van der Waals surface area contributed by atoms with Crippen molar-refractivity contribution in [3.05, 3.63) is 47.3 Å². The lowest BCUT2D eigenvalue weighted by molar-refractivity contribution is 0.0383. The molecule has 0 spiro atoms. The number of ether oxygens (including phenoxy) is 2. The van der Waals surface area contributed by atoms with E-state index in [1.807, 2.05) is 24.3 Å². The molecule has 2 aliphatic heterocycles. The van der Waals surface area contributed by atoms with Crippen molar-refractivity contribution in [2.75, 3.05) is 53.0 Å². The van der Waals surface area contributed by atoms with Gasteiger partial charge in [-0.3, -0.25) is 19.2 Å². The van der Waals surface area contributed by atoms with E-state index >= 15 is 0 Å². The van der Waals surface area contributed by atoms with Gasteiger partial charge in [-0.15, -0.1) is 0 Å². The van der Waals surface area contributed by atoms with Crippen LogP contribution in [0, 0.1) is 0 Å². The fourth-order valence-electron chi connectivity index (χ4n) is 3.78. The molecule has 1 saturated heterocycles. The zero-order valence-electron chi connectivity index (χ0n) is 17.2. The van der Waals surface area contributed by atoms with Gasteiger partial charge >= 0.3 is 0 Å². The summed E-state index contributed by atoms with van der Waals surface area (Å²) in [6, 6.07) is 9.24. The molecule has 2 aliphatic rings. The quantitative estimate of drug-likeness (QED) is 0.716. The predicted octanol–water partition coefficient (Wildman–Crippen LogP) is 0.610. The Bertz CT molecular complexity index is 907. The molecule has 9 nitrogen and oxygen atoms in total. The molecule has 1 aromatic heterocycles. The maximum absolute atomic E-state index is 13.0. The van der Waals surface area contributed by atoms with Crippen LogP contribution in [0.3, 0.4) is 0 Å². The number of morpholine rings is 1. The summed E-state index contributed by atoms with van der Waals surface area (Å²) >= 11 is 0. The molecular formula is C21H27N5O4. The molecule has 1 fully saturated rings. The van der Waals surface area contributed by atoms with Crippen LogP contribution >= 0.6 is 0 Å². The van der Waals surface area contributed by atoms with Crippen LogP contribution in [0.5, 0.6) is 5.75 Å². The Morgan fingerprint density at radius 2 is 2.00 bits per heavy atom. The highest BCUT2D eigenvalue weighted by Crippen LogP contribution is 2.22. The van der Waals surface area contributed by atoms with Crippen molar-refractivity contribution in [2.24, 2.45) is 0 Å². The minimum absolute atomic E-state index is 0.132. The standard InChI is InChI=1S/C21H27N5O4/c1-29-19-5-3-2-4-16(19)15-25-8-9-26-18(21(25)28)14-17(23-26)20(27)22-6-7-24-10-12-30-13-11-24/h2-5,14H,6-13,15H2,1H3,(H,22,27). The van der Waals surface area contributed by atoms with Gasteiger partial charge in [0.05, 0.1) is 26.9 Å². The van der Waals surface area contributed by atoms with Crippen LogP contribution < -0.4 is 10.1 Å². The molecule has 2 aromatic rings. The zero-order valence-corrected chi connectivity index (χ0v) is 17.2. The van der Waals surface area contributed by atoms with Crippen molar-refractivity contribution < 1.29 is 19.1 Å². The summed E-state index contributed by atoms with van der Waals surface area (Å²) in [5.41, 5.74) is 1.66. The van der Waals surface area contributed by atoms with E-state index in [2.05, 4.69) is 15.3 Å². The average Bonchev–Trinajstić information content (AvgIpc) is 3.22. The second kappa shape index (κ2) is 9.27. The number of methoxy groups -OCH3 is 1. The highest BCUT2D eigenvalue weighted by Gasteiger charge is 2.28. The Morgan fingerprint density at radius 1 is 1.20 bits per heavy atom. The van der Waals surface area contributed by atoms with Gasteiger partial charge in [-0.2, -0.15) is 5.10 Å². The molecule has 0 aliphatic carbocycles. The molecule has 1 N–H and O–H groups in total. The Kier molecular flexibility index (Phi) is 6.29. The first-order valence-electron chi connectivity index (χ1n) is 10.2. The van der Waals surface area contributed by atoms with E-state index < -0.39 is 0 Å². The minimum atomic E-state index is -0.255. The summed E-state index contributed by atoms with van der Waals surface area (Å²) in [7, 11) is 1.62. The maximum atomic E-state index is 13.0. The lowest BCUT2D eigenvalue weighted by atomic mass is 10.1. The van der Waals surface area contributed by atoms with E-state index in [1.54, 1.807) is 22.8 Å². The molecule has 3 heterocycles. The van der Waals surface area contributed by atoms with Crippen molar-refractivity contribution in [1.29, 1.82) is 0 Å². The molecule has 9 heteroatoms. The first-order chi connectivity index (χ1) is 14.7. The van der Waals surface area contributed by atoms with Crippen molar-refractivity contribution in [3.8, 4) is 5.75 Å². The molecule has 0 unspecified atom stereocenters. The van der Waals surface area contributed by atoms with Gasteiger partial charge in [0.1, 0.15) is 11.4 Å². The summed E-state index contributed by atoms with van der Waals surface area (Å²) in [4.78, 5) is 29.5. The number of carbonyl (C=O) groups is 2. The van der Waals surface area contributed by atoms with Crippen LogP contribution in [0.2, 0.25) is 0 Å². The number of carbonyl (C=O) groups excluding carboxylic acids is 2. The summed E-state index contributed by atoms with van der Waals surface area (Å²) in [5, 5.41) is 7.24. The molecule has 0 saturated carbocycles. The number of nitrogens with one attached hydrogen (secondary N) is 1. The van der Waals surface area contributed by atoms with Crippen molar-refractivity contribution in [2.45, 2.75) is 13.1 Å². The number of amides is 2. The Morgan fingerprint density at radius 3 is 2.80 bits per heavy atom. The van der Waals surface area contributed by atoms with E-state index in [0.29, 0.717) is 31.9 Å². The molecule has 0 radical (unpaired) electrons. The molecule has 160 valence electrons. The monoisotopic (exact) mass is 413 g/mol. The van der Waals surface area contributed by atoms with Crippen molar-refractivity contribution in [3.63, 3.8) is 0 Å². The molecule has 0 atom stereocenters. The van der Waals surface area contributed by atoms with Gasteiger partial charge in [0.25, 0.3) is 11.8 Å². The summed E-state index contributed by atoms with van der Waals surface area (Å²) in [6.45, 7) is 6.07. The Hall–Kier alpha value is -2.91. The number of rotatable bonds is 7.